The molecule has 0 aromatic carbocycles. The Morgan fingerprint density at radius 2 is 2.12 bits per heavy atom. The second-order valence-electron chi connectivity index (χ2n) is 5.17. The third-order valence-corrected chi connectivity index (χ3v) is 3.70. The van der Waals surface area contributed by atoms with E-state index in [-0.39, 0.29) is 11.6 Å². The summed E-state index contributed by atoms with van der Waals surface area (Å²) in [5, 5.41) is 0.887. The number of hydrogen-bond acceptors (Lipinski definition) is 1. The van der Waals surface area contributed by atoms with Gasteiger partial charge in [-0.1, -0.05) is 0 Å². The van der Waals surface area contributed by atoms with Gasteiger partial charge in [-0.15, -0.1) is 0 Å². The Morgan fingerprint density at radius 3 is 2.88 bits per heavy atom. The van der Waals surface area contributed by atoms with E-state index in [1.807, 2.05) is 24.6 Å². The molecule has 0 fully saturated rings. The van der Waals surface area contributed by atoms with Gasteiger partial charge < -0.3 is 9.13 Å². The Morgan fingerprint density at radius 1 is 1.29 bits per heavy atom. The van der Waals surface area contributed by atoms with Crippen molar-refractivity contribution < 1.29 is 0 Å². The molecular weight excluding hydrogens is 212 g/mol. The lowest BCUT2D eigenvalue weighted by molar-refractivity contribution is 0.544. The molecule has 0 amide bonds. The van der Waals surface area contributed by atoms with Gasteiger partial charge in [0.2, 0.25) is 0 Å². The van der Waals surface area contributed by atoms with Crippen molar-refractivity contribution >= 4 is 10.9 Å². The quantitative estimate of drug-likeness (QED) is 0.740. The van der Waals surface area contributed by atoms with E-state index in [4.69, 9.17) is 0 Å². The summed E-state index contributed by atoms with van der Waals surface area (Å²) in [5.74, 6) is 0. The van der Waals surface area contributed by atoms with Crippen molar-refractivity contribution in [2.75, 3.05) is 0 Å². The molecule has 0 spiro atoms. The zero-order valence-corrected chi connectivity index (χ0v) is 10.4. The highest BCUT2D eigenvalue weighted by Crippen LogP contribution is 2.23. The topological polar surface area (TPSA) is 26.9 Å². The molecule has 1 aliphatic heterocycles. The van der Waals surface area contributed by atoms with Crippen LogP contribution in [0.15, 0.2) is 23.1 Å². The summed E-state index contributed by atoms with van der Waals surface area (Å²) in [7, 11) is 0. The van der Waals surface area contributed by atoms with Crippen molar-refractivity contribution in [1.82, 2.24) is 9.13 Å². The van der Waals surface area contributed by atoms with Crippen molar-refractivity contribution in [3.63, 3.8) is 0 Å². The number of fused-ring (bicyclic) bond motifs is 3. The molecule has 0 atom stereocenters. The zero-order valence-electron chi connectivity index (χ0n) is 10.4. The molecule has 17 heavy (non-hydrogen) atoms. The smallest absolute Gasteiger partial charge is 0.260 e. The molecule has 1 aliphatic rings. The van der Waals surface area contributed by atoms with E-state index in [0.29, 0.717) is 0 Å². The van der Waals surface area contributed by atoms with E-state index in [0.717, 1.165) is 23.9 Å². The first kappa shape index (κ1) is 10.6. The molecular formula is C14H18N2O. The van der Waals surface area contributed by atoms with Crippen molar-refractivity contribution in [2.45, 2.75) is 45.7 Å². The Bertz CT molecular complexity index is 619. The van der Waals surface area contributed by atoms with Gasteiger partial charge in [0.15, 0.2) is 0 Å². The summed E-state index contributed by atoms with van der Waals surface area (Å²) in [4.78, 5) is 12.3. The summed E-state index contributed by atoms with van der Waals surface area (Å²) < 4.78 is 4.12. The van der Waals surface area contributed by atoms with Gasteiger partial charge in [0, 0.05) is 24.5 Å². The van der Waals surface area contributed by atoms with E-state index in [2.05, 4.69) is 16.7 Å². The molecule has 3 heterocycles. The van der Waals surface area contributed by atoms with Gasteiger partial charge in [0.25, 0.3) is 5.56 Å². The number of rotatable bonds is 1. The Kier molecular flexibility index (Phi) is 2.35. The fourth-order valence-corrected chi connectivity index (χ4v) is 2.78. The van der Waals surface area contributed by atoms with Crippen LogP contribution >= 0.6 is 0 Å². The summed E-state index contributed by atoms with van der Waals surface area (Å²) in [5.41, 5.74) is 2.59. The van der Waals surface area contributed by atoms with Crippen molar-refractivity contribution in [3.8, 4) is 0 Å². The predicted molar refractivity (Wildman–Crippen MR) is 69.5 cm³/mol. The molecule has 0 aliphatic carbocycles. The maximum absolute atomic E-state index is 12.3. The van der Waals surface area contributed by atoms with E-state index in [1.165, 1.54) is 18.5 Å². The van der Waals surface area contributed by atoms with Gasteiger partial charge in [0.1, 0.15) is 0 Å². The molecule has 0 radical (unpaired) electrons. The van der Waals surface area contributed by atoms with Crippen LogP contribution in [0, 0.1) is 0 Å². The Hall–Kier alpha value is -1.51. The minimum absolute atomic E-state index is 0.152. The van der Waals surface area contributed by atoms with E-state index in [1.54, 1.807) is 0 Å². The van der Waals surface area contributed by atoms with E-state index < -0.39 is 0 Å². The molecule has 0 unspecified atom stereocenters. The van der Waals surface area contributed by atoms with Crippen LogP contribution in [0.5, 0.6) is 0 Å². The highest BCUT2D eigenvalue weighted by atomic mass is 16.1. The molecule has 2 aromatic rings. The van der Waals surface area contributed by atoms with Gasteiger partial charge >= 0.3 is 0 Å². The summed E-state index contributed by atoms with van der Waals surface area (Å²) >= 11 is 0. The highest BCUT2D eigenvalue weighted by Gasteiger charge is 2.15. The van der Waals surface area contributed by atoms with E-state index in [9.17, 15) is 4.79 Å². The SMILES string of the molecule is CC(C)n1ccc2c(cc3n2CCCC3)c1=O. The van der Waals surface area contributed by atoms with Crippen molar-refractivity contribution in [2.24, 2.45) is 0 Å². The molecule has 2 aromatic heterocycles. The van der Waals surface area contributed by atoms with Crippen LogP contribution in [-0.2, 0) is 13.0 Å². The minimum Gasteiger partial charge on any atom is -0.344 e. The second-order valence-corrected chi connectivity index (χ2v) is 5.17. The van der Waals surface area contributed by atoms with Gasteiger partial charge in [-0.3, -0.25) is 4.79 Å². The van der Waals surface area contributed by atoms with Gasteiger partial charge in [-0.05, 0) is 45.2 Å². The summed E-state index contributed by atoms with van der Waals surface area (Å²) in [6.07, 6.45) is 5.51. The molecule has 0 N–H and O–H groups in total. The second kappa shape index (κ2) is 3.76. The maximum atomic E-state index is 12.3. The molecule has 3 rings (SSSR count). The van der Waals surface area contributed by atoms with Crippen LogP contribution in [-0.4, -0.2) is 9.13 Å². The minimum atomic E-state index is 0.152. The van der Waals surface area contributed by atoms with Gasteiger partial charge in [0.05, 0.1) is 10.9 Å². The van der Waals surface area contributed by atoms with Crippen LogP contribution < -0.4 is 5.56 Å². The highest BCUT2D eigenvalue weighted by molar-refractivity contribution is 5.80. The fraction of sp³-hybridized carbons (Fsp3) is 0.500. The van der Waals surface area contributed by atoms with Gasteiger partial charge in [-0.2, -0.15) is 0 Å². The average molecular weight is 230 g/mol. The molecule has 0 saturated heterocycles. The van der Waals surface area contributed by atoms with Crippen LogP contribution in [0.1, 0.15) is 38.4 Å². The first-order valence-corrected chi connectivity index (χ1v) is 6.42. The lowest BCUT2D eigenvalue weighted by atomic mass is 10.1. The number of aromatic nitrogens is 2. The van der Waals surface area contributed by atoms with Crippen molar-refractivity contribution in [3.05, 3.63) is 34.4 Å². The number of pyridine rings is 1. The van der Waals surface area contributed by atoms with Gasteiger partial charge in [-0.25, -0.2) is 0 Å². The Labute approximate surface area is 101 Å². The third kappa shape index (κ3) is 1.53. The summed E-state index contributed by atoms with van der Waals surface area (Å²) in [6, 6.07) is 4.41. The fourth-order valence-electron chi connectivity index (χ4n) is 2.78. The maximum Gasteiger partial charge on any atom is 0.260 e. The van der Waals surface area contributed by atoms with Crippen LogP contribution in [0.4, 0.5) is 0 Å². The van der Waals surface area contributed by atoms with Crippen molar-refractivity contribution in [1.29, 1.82) is 0 Å². The van der Waals surface area contributed by atoms with E-state index >= 15 is 0 Å². The molecule has 3 nitrogen and oxygen atoms in total. The predicted octanol–water partition coefficient (Wildman–Crippen LogP) is 2.72. The lowest BCUT2D eigenvalue weighted by Crippen LogP contribution is -2.21. The van der Waals surface area contributed by atoms with Crippen LogP contribution in [0.25, 0.3) is 10.9 Å². The average Bonchev–Trinajstić information content (AvgIpc) is 2.69. The Balaban J connectivity index is 2.31. The first-order chi connectivity index (χ1) is 8.18. The third-order valence-electron chi connectivity index (χ3n) is 3.70. The van der Waals surface area contributed by atoms with Crippen LogP contribution in [0.2, 0.25) is 0 Å². The molecule has 3 heteroatoms. The monoisotopic (exact) mass is 230 g/mol. The molecule has 0 bridgehead atoms. The lowest BCUT2D eigenvalue weighted by Gasteiger charge is -2.16. The standard InChI is InChI=1S/C14H18N2O/c1-10(2)15-8-6-13-12(14(15)17)9-11-5-3-4-7-16(11)13/h6,8-10H,3-5,7H2,1-2H3. The number of aryl methyl sites for hydroxylation is 2. The largest absolute Gasteiger partial charge is 0.344 e. The molecule has 0 saturated carbocycles. The normalized spacial score (nSPS) is 15.5. The zero-order chi connectivity index (χ0) is 12.0. The number of nitrogens with zero attached hydrogens (tertiary/aromatic N) is 2. The molecule has 90 valence electrons. The summed E-state index contributed by atoms with van der Waals surface area (Å²) in [6.45, 7) is 5.15. The number of hydrogen-bond donors (Lipinski definition) is 0. The van der Waals surface area contributed by atoms with Crippen LogP contribution in [0.3, 0.4) is 0 Å². The first-order valence-electron chi connectivity index (χ1n) is 6.42.